The second-order valence-electron chi connectivity index (χ2n) is 8.01. The number of benzene rings is 3. The quantitative estimate of drug-likeness (QED) is 0.518. The first-order chi connectivity index (χ1) is 16.4. The van der Waals surface area contributed by atoms with E-state index >= 15 is 0 Å². The van der Waals surface area contributed by atoms with Gasteiger partial charge in [0.2, 0.25) is 5.75 Å². The Kier molecular flexibility index (Phi) is 6.86. The first kappa shape index (κ1) is 23.4. The number of nitrogens with zero attached hydrogens (tertiary/aromatic N) is 1. The smallest absolute Gasteiger partial charge is 0.322 e. The van der Waals surface area contributed by atoms with Crippen molar-refractivity contribution in [2.75, 3.05) is 26.6 Å². The zero-order valence-corrected chi connectivity index (χ0v) is 19.2. The Morgan fingerprint density at radius 1 is 0.971 bits per heavy atom. The van der Waals surface area contributed by atoms with Crippen molar-refractivity contribution in [1.29, 1.82) is 0 Å². The van der Waals surface area contributed by atoms with E-state index in [-0.39, 0.29) is 11.7 Å². The standard InChI is InChI=1S/C26H26F2N2O4/c1-32-23-12-17-11-19(14-20(17)24(33-2)25(23)34-3)30(15-16-7-5-4-6-8-16)26(31)29-22-10-9-18(27)13-21(22)28/h4-10,12-13,19H,11,14-15H2,1-3H3,(H,29,31). The van der Waals surface area contributed by atoms with Crippen molar-refractivity contribution in [3.8, 4) is 17.2 Å². The number of amides is 2. The molecule has 0 spiro atoms. The third kappa shape index (κ3) is 4.62. The zero-order chi connectivity index (χ0) is 24.2. The van der Waals surface area contributed by atoms with E-state index in [1.54, 1.807) is 26.2 Å². The topological polar surface area (TPSA) is 60.0 Å². The van der Waals surface area contributed by atoms with E-state index in [1.165, 1.54) is 6.07 Å². The number of ether oxygens (including phenoxy) is 3. The second-order valence-corrected chi connectivity index (χ2v) is 8.01. The Balaban J connectivity index is 1.66. The van der Waals surface area contributed by atoms with Gasteiger partial charge in [0, 0.05) is 24.2 Å². The van der Waals surface area contributed by atoms with Gasteiger partial charge in [0.15, 0.2) is 11.5 Å². The summed E-state index contributed by atoms with van der Waals surface area (Å²) in [6.45, 7) is 0.310. The van der Waals surface area contributed by atoms with Crippen LogP contribution in [0.25, 0.3) is 0 Å². The van der Waals surface area contributed by atoms with Crippen molar-refractivity contribution in [3.63, 3.8) is 0 Å². The van der Waals surface area contributed by atoms with Crippen LogP contribution >= 0.6 is 0 Å². The highest BCUT2D eigenvalue weighted by Crippen LogP contribution is 2.46. The summed E-state index contributed by atoms with van der Waals surface area (Å²) in [4.78, 5) is 15.0. The Hall–Kier alpha value is -3.81. The van der Waals surface area contributed by atoms with Gasteiger partial charge in [-0.05, 0) is 42.2 Å². The highest BCUT2D eigenvalue weighted by atomic mass is 19.1. The monoisotopic (exact) mass is 468 g/mol. The molecular weight excluding hydrogens is 442 g/mol. The average molecular weight is 469 g/mol. The van der Waals surface area contributed by atoms with Crippen LogP contribution in [0.15, 0.2) is 54.6 Å². The molecule has 178 valence electrons. The van der Waals surface area contributed by atoms with Crippen molar-refractivity contribution >= 4 is 11.7 Å². The van der Waals surface area contributed by atoms with E-state index in [4.69, 9.17) is 14.2 Å². The summed E-state index contributed by atoms with van der Waals surface area (Å²) >= 11 is 0. The molecule has 1 N–H and O–H groups in total. The normalized spacial score (nSPS) is 14.3. The number of fused-ring (bicyclic) bond motifs is 1. The largest absolute Gasteiger partial charge is 0.493 e. The molecule has 4 rings (SSSR count). The van der Waals surface area contributed by atoms with Crippen LogP contribution in [0.4, 0.5) is 19.3 Å². The van der Waals surface area contributed by atoms with E-state index in [0.717, 1.165) is 28.8 Å². The number of halogens is 2. The molecule has 3 aromatic carbocycles. The Morgan fingerprint density at radius 3 is 2.35 bits per heavy atom. The Bertz CT molecular complexity index is 1190. The molecule has 0 fully saturated rings. The summed E-state index contributed by atoms with van der Waals surface area (Å²) in [7, 11) is 4.67. The molecule has 0 heterocycles. The number of anilines is 1. The second kappa shape index (κ2) is 9.99. The van der Waals surface area contributed by atoms with Gasteiger partial charge in [-0.3, -0.25) is 0 Å². The van der Waals surface area contributed by atoms with E-state index in [0.29, 0.717) is 36.6 Å². The van der Waals surface area contributed by atoms with Crippen molar-refractivity contribution in [2.24, 2.45) is 0 Å². The van der Waals surface area contributed by atoms with Crippen LogP contribution in [0.5, 0.6) is 17.2 Å². The lowest BCUT2D eigenvalue weighted by atomic mass is 10.1. The molecule has 1 aliphatic carbocycles. The highest BCUT2D eigenvalue weighted by Gasteiger charge is 2.35. The first-order valence-electron chi connectivity index (χ1n) is 10.8. The summed E-state index contributed by atoms with van der Waals surface area (Å²) in [6.07, 6.45) is 1.07. The number of hydrogen-bond donors (Lipinski definition) is 1. The first-order valence-corrected chi connectivity index (χ1v) is 10.8. The molecule has 0 saturated carbocycles. The molecule has 1 unspecified atom stereocenters. The van der Waals surface area contributed by atoms with Crippen LogP contribution in [0.1, 0.15) is 16.7 Å². The molecule has 0 radical (unpaired) electrons. The van der Waals surface area contributed by atoms with Crippen molar-refractivity contribution in [1.82, 2.24) is 4.90 Å². The van der Waals surface area contributed by atoms with Gasteiger partial charge in [0.05, 0.1) is 27.0 Å². The molecule has 2 amide bonds. The molecule has 8 heteroatoms. The average Bonchev–Trinajstić information content (AvgIpc) is 3.26. The number of hydrogen-bond acceptors (Lipinski definition) is 4. The third-order valence-electron chi connectivity index (χ3n) is 5.99. The van der Waals surface area contributed by atoms with Crippen LogP contribution < -0.4 is 19.5 Å². The number of nitrogens with one attached hydrogen (secondary N) is 1. The van der Waals surface area contributed by atoms with Gasteiger partial charge in [0.25, 0.3) is 0 Å². The summed E-state index contributed by atoms with van der Waals surface area (Å²) in [5.74, 6) is 0.0729. The van der Waals surface area contributed by atoms with Gasteiger partial charge in [-0.1, -0.05) is 30.3 Å². The lowest BCUT2D eigenvalue weighted by Crippen LogP contribution is -2.43. The molecule has 0 aromatic heterocycles. The molecule has 0 saturated heterocycles. The number of carbonyl (C=O) groups is 1. The molecule has 1 aliphatic rings. The fourth-order valence-electron chi connectivity index (χ4n) is 4.38. The lowest BCUT2D eigenvalue weighted by molar-refractivity contribution is 0.185. The predicted molar refractivity (Wildman–Crippen MR) is 125 cm³/mol. The summed E-state index contributed by atoms with van der Waals surface area (Å²) < 4.78 is 44.2. The van der Waals surface area contributed by atoms with Crippen LogP contribution in [-0.4, -0.2) is 38.3 Å². The molecule has 34 heavy (non-hydrogen) atoms. The van der Waals surface area contributed by atoms with Gasteiger partial charge < -0.3 is 24.4 Å². The fraction of sp³-hybridized carbons (Fsp3) is 0.269. The number of rotatable bonds is 7. The minimum atomic E-state index is -0.834. The van der Waals surface area contributed by atoms with Crippen LogP contribution in [0, 0.1) is 11.6 Å². The van der Waals surface area contributed by atoms with E-state index < -0.39 is 17.7 Å². The third-order valence-corrected chi connectivity index (χ3v) is 5.99. The molecule has 6 nitrogen and oxygen atoms in total. The van der Waals surface area contributed by atoms with E-state index in [1.807, 2.05) is 36.4 Å². The minimum Gasteiger partial charge on any atom is -0.493 e. The van der Waals surface area contributed by atoms with Gasteiger partial charge in [-0.15, -0.1) is 0 Å². The van der Waals surface area contributed by atoms with Gasteiger partial charge >= 0.3 is 6.03 Å². The lowest BCUT2D eigenvalue weighted by Gasteiger charge is -2.29. The van der Waals surface area contributed by atoms with Gasteiger partial charge in [-0.25, -0.2) is 13.6 Å². The summed E-state index contributed by atoms with van der Waals surface area (Å²) in [6, 6.07) is 13.8. The van der Waals surface area contributed by atoms with Crippen LogP contribution in [0.2, 0.25) is 0 Å². The molecule has 3 aromatic rings. The van der Waals surface area contributed by atoms with Crippen molar-refractivity contribution in [2.45, 2.75) is 25.4 Å². The molecular formula is C26H26F2N2O4. The van der Waals surface area contributed by atoms with Crippen LogP contribution in [-0.2, 0) is 19.4 Å². The molecule has 1 atom stereocenters. The number of carbonyl (C=O) groups excluding carboxylic acids is 1. The maximum Gasteiger partial charge on any atom is 0.322 e. The van der Waals surface area contributed by atoms with E-state index in [9.17, 15) is 13.6 Å². The van der Waals surface area contributed by atoms with Crippen molar-refractivity contribution in [3.05, 3.63) is 82.9 Å². The Morgan fingerprint density at radius 2 is 1.71 bits per heavy atom. The zero-order valence-electron chi connectivity index (χ0n) is 19.2. The highest BCUT2D eigenvalue weighted by molar-refractivity contribution is 5.89. The van der Waals surface area contributed by atoms with E-state index in [2.05, 4.69) is 5.32 Å². The SMILES string of the molecule is COc1cc2c(c(OC)c1OC)CC(N(Cc1ccccc1)C(=O)Nc1ccc(F)cc1F)C2. The number of methoxy groups -OCH3 is 3. The maximum absolute atomic E-state index is 14.2. The number of urea groups is 1. The predicted octanol–water partition coefficient (Wildman–Crippen LogP) is 5.19. The van der Waals surface area contributed by atoms with Crippen LogP contribution in [0.3, 0.4) is 0 Å². The molecule has 0 aliphatic heterocycles. The summed E-state index contributed by atoms with van der Waals surface area (Å²) in [5.41, 5.74) is 2.76. The maximum atomic E-state index is 14.2. The minimum absolute atomic E-state index is 0.0825. The summed E-state index contributed by atoms with van der Waals surface area (Å²) in [5, 5.41) is 2.60. The van der Waals surface area contributed by atoms with Crippen molar-refractivity contribution < 1.29 is 27.8 Å². The molecule has 0 bridgehead atoms. The fourth-order valence-corrected chi connectivity index (χ4v) is 4.38. The van der Waals surface area contributed by atoms with Gasteiger partial charge in [-0.2, -0.15) is 0 Å². The Labute approximate surface area is 197 Å². The van der Waals surface area contributed by atoms with Gasteiger partial charge in [0.1, 0.15) is 11.6 Å².